The molecule has 0 saturated carbocycles. The minimum absolute atomic E-state index is 0.195. The third-order valence-corrected chi connectivity index (χ3v) is 10.9. The number of aromatic carboxylic acids is 1. The van der Waals surface area contributed by atoms with Crippen molar-refractivity contribution in [3.63, 3.8) is 0 Å². The molecule has 0 unspecified atom stereocenters. The summed E-state index contributed by atoms with van der Waals surface area (Å²) >= 11 is 0. The highest BCUT2D eigenvalue weighted by Gasteiger charge is 2.49. The summed E-state index contributed by atoms with van der Waals surface area (Å²) in [6.45, 7) is 3.73. The van der Waals surface area contributed by atoms with Gasteiger partial charge in [-0.1, -0.05) is 12.1 Å². The molecule has 5 heterocycles. The Morgan fingerprint density at radius 3 is 2.78 bits per heavy atom. The van der Waals surface area contributed by atoms with Gasteiger partial charge in [0.15, 0.2) is 0 Å². The van der Waals surface area contributed by atoms with E-state index in [1.165, 1.54) is 6.08 Å². The van der Waals surface area contributed by atoms with Crippen molar-refractivity contribution < 1.29 is 23.8 Å². The first kappa shape index (κ1) is 23.1. The largest absolute Gasteiger partial charge is 0.488 e. The van der Waals surface area contributed by atoms with E-state index in [1.54, 1.807) is 18.2 Å². The van der Waals surface area contributed by atoms with Crippen LogP contribution in [0.4, 0.5) is 4.39 Å². The molecule has 3 saturated heterocycles. The molecule has 3 fully saturated rings. The highest BCUT2D eigenvalue weighted by Crippen LogP contribution is 2.49. The number of hydrogen-bond acceptors (Lipinski definition) is 5. The van der Waals surface area contributed by atoms with Crippen molar-refractivity contribution in [2.24, 2.45) is 0 Å². The highest BCUT2D eigenvalue weighted by molar-refractivity contribution is 6.53. The Hall–Kier alpha value is -3.01. The standard InChI is InChI=1S/C28H30FN3O4Si/c29-20-8-12-36-25-18(2-1-3-19(20)25)16-6-10-31(11-7-16)15-24-30-21-5-4-17(28(33)34)14-22(21)32(24)27-26(37-27)23-9-13-35-23/h1-5,8,14,16,23,26-27H,6-7,9-13,15,37H2,(H,33,34)/t23-,26-,27+/m0/s1. The van der Waals surface area contributed by atoms with Crippen LogP contribution in [0.2, 0.25) is 5.54 Å². The molecule has 7 rings (SSSR count). The fourth-order valence-corrected chi connectivity index (χ4v) is 8.59. The molecular formula is C28H30FN3O4Si. The van der Waals surface area contributed by atoms with E-state index in [9.17, 15) is 14.3 Å². The molecule has 4 aliphatic rings. The number of carboxylic acid groups (broad SMARTS) is 1. The lowest BCUT2D eigenvalue weighted by molar-refractivity contribution is -0.0494. The first-order chi connectivity index (χ1) is 18.1. The maximum absolute atomic E-state index is 14.3. The average Bonchev–Trinajstić information content (AvgIpc) is 3.54. The van der Waals surface area contributed by atoms with Crippen LogP contribution in [0.25, 0.3) is 16.9 Å². The van der Waals surface area contributed by atoms with Gasteiger partial charge in [-0.05, 0) is 79.7 Å². The summed E-state index contributed by atoms with van der Waals surface area (Å²) in [4.78, 5) is 19.1. The number of carboxylic acids is 1. The smallest absolute Gasteiger partial charge is 0.335 e. The highest BCUT2D eigenvalue weighted by atomic mass is 28.2. The third-order valence-electron chi connectivity index (χ3n) is 8.54. The number of imidazole rings is 1. The van der Waals surface area contributed by atoms with Gasteiger partial charge < -0.3 is 19.1 Å². The predicted molar refractivity (Wildman–Crippen MR) is 141 cm³/mol. The summed E-state index contributed by atoms with van der Waals surface area (Å²) in [5.74, 6) is 0.972. The average molecular weight is 520 g/mol. The fraction of sp³-hybridized carbons (Fsp3) is 0.429. The lowest BCUT2D eigenvalue weighted by atomic mass is 9.87. The number of carbonyl (C=O) groups is 1. The topological polar surface area (TPSA) is 76.8 Å². The van der Waals surface area contributed by atoms with Crippen molar-refractivity contribution in [1.29, 1.82) is 0 Å². The molecule has 3 atom stereocenters. The van der Waals surface area contributed by atoms with Crippen molar-refractivity contribution in [2.45, 2.75) is 49.0 Å². The van der Waals surface area contributed by atoms with Gasteiger partial charge in [0, 0.05) is 12.3 Å². The number of para-hydroxylation sites is 1. The van der Waals surface area contributed by atoms with Gasteiger partial charge in [-0.25, -0.2) is 14.2 Å². The van der Waals surface area contributed by atoms with E-state index in [2.05, 4.69) is 15.5 Å². The van der Waals surface area contributed by atoms with E-state index in [-0.39, 0.29) is 22.0 Å². The van der Waals surface area contributed by atoms with Crippen LogP contribution >= 0.6 is 0 Å². The maximum Gasteiger partial charge on any atom is 0.335 e. The van der Waals surface area contributed by atoms with E-state index < -0.39 is 5.97 Å². The summed E-state index contributed by atoms with van der Waals surface area (Å²) in [6.07, 6.45) is 4.96. The molecule has 2 aromatic carbocycles. The predicted octanol–water partition coefficient (Wildman–Crippen LogP) is 4.08. The third kappa shape index (κ3) is 4.09. The van der Waals surface area contributed by atoms with E-state index in [1.807, 2.05) is 12.1 Å². The van der Waals surface area contributed by atoms with E-state index in [4.69, 9.17) is 14.5 Å². The minimum Gasteiger partial charge on any atom is -0.488 e. The summed E-state index contributed by atoms with van der Waals surface area (Å²) < 4.78 is 28.3. The van der Waals surface area contributed by atoms with Crippen molar-refractivity contribution in [3.8, 4) is 5.75 Å². The van der Waals surface area contributed by atoms with Crippen LogP contribution in [0.15, 0.2) is 42.5 Å². The zero-order valence-corrected chi connectivity index (χ0v) is 22.0. The van der Waals surface area contributed by atoms with Crippen LogP contribution in [0.3, 0.4) is 0 Å². The van der Waals surface area contributed by atoms with Gasteiger partial charge in [-0.15, -0.1) is 0 Å². The number of hydrogen-bond donors (Lipinski definition) is 1. The molecule has 9 heteroatoms. The lowest BCUT2D eigenvalue weighted by Crippen LogP contribution is -2.33. The fourth-order valence-electron chi connectivity index (χ4n) is 6.38. The molecule has 1 aromatic heterocycles. The number of piperidine rings is 1. The second-order valence-electron chi connectivity index (χ2n) is 10.7. The Labute approximate surface area is 216 Å². The Morgan fingerprint density at radius 1 is 1.19 bits per heavy atom. The number of likely N-dealkylation sites (tertiary alicyclic amines) is 1. The normalized spacial score (nSPS) is 26.4. The van der Waals surface area contributed by atoms with E-state index in [0.717, 1.165) is 67.9 Å². The summed E-state index contributed by atoms with van der Waals surface area (Å²) in [5, 5.41) is 9.57. The number of halogens is 1. The Morgan fingerprint density at radius 2 is 2.03 bits per heavy atom. The van der Waals surface area contributed by atoms with Crippen molar-refractivity contribution in [2.75, 3.05) is 26.3 Å². The number of benzene rings is 2. The monoisotopic (exact) mass is 519 g/mol. The molecule has 7 nitrogen and oxygen atoms in total. The second-order valence-corrected chi connectivity index (χ2v) is 13.0. The number of ether oxygens (including phenoxy) is 2. The van der Waals surface area contributed by atoms with Crippen LogP contribution in [0, 0.1) is 0 Å². The van der Waals surface area contributed by atoms with Gasteiger partial charge >= 0.3 is 5.97 Å². The molecular weight excluding hydrogens is 489 g/mol. The van der Waals surface area contributed by atoms with Gasteiger partial charge in [0.2, 0.25) is 0 Å². The first-order valence-electron chi connectivity index (χ1n) is 13.3. The molecule has 1 N–H and O–H groups in total. The summed E-state index contributed by atoms with van der Waals surface area (Å²) in [7, 11) is -0.334. The van der Waals surface area contributed by atoms with Crippen molar-refractivity contribution >= 4 is 32.3 Å². The maximum atomic E-state index is 14.3. The zero-order valence-electron chi connectivity index (χ0n) is 20.6. The van der Waals surface area contributed by atoms with Gasteiger partial charge in [0.05, 0.1) is 44.3 Å². The lowest BCUT2D eigenvalue weighted by Gasteiger charge is -2.33. The van der Waals surface area contributed by atoms with E-state index in [0.29, 0.717) is 40.1 Å². The van der Waals surface area contributed by atoms with Gasteiger partial charge in [0.25, 0.3) is 0 Å². The molecule has 0 amide bonds. The van der Waals surface area contributed by atoms with E-state index >= 15 is 0 Å². The first-order valence-corrected chi connectivity index (χ1v) is 14.9. The van der Waals surface area contributed by atoms with Crippen LogP contribution in [-0.2, 0) is 11.3 Å². The number of rotatable bonds is 6. The van der Waals surface area contributed by atoms with Crippen LogP contribution < -0.4 is 4.74 Å². The Balaban J connectivity index is 1.12. The molecule has 0 radical (unpaired) electrons. The van der Waals surface area contributed by atoms with Crippen LogP contribution in [-0.4, -0.2) is 67.5 Å². The Kier molecular flexibility index (Phi) is 5.67. The van der Waals surface area contributed by atoms with Gasteiger partial charge in [-0.3, -0.25) is 4.90 Å². The summed E-state index contributed by atoms with van der Waals surface area (Å²) in [6, 6.07) is 11.1. The van der Waals surface area contributed by atoms with Crippen LogP contribution in [0.5, 0.6) is 5.75 Å². The molecule has 0 bridgehead atoms. The Bertz CT molecular complexity index is 1410. The molecule has 37 heavy (non-hydrogen) atoms. The molecule has 4 aliphatic heterocycles. The molecule has 3 aromatic rings. The SMILES string of the molecule is O=C(O)c1ccc2nc(CN3CCC(c4cccc5c4OCC=C5F)CC3)n([C@@H]3[SiH2][C@H]3[C@@H]3CCO3)c2c1. The molecule has 192 valence electrons. The summed E-state index contributed by atoms with van der Waals surface area (Å²) in [5.41, 5.74) is 4.85. The minimum atomic E-state index is -0.910. The quantitative estimate of drug-likeness (QED) is 0.495. The number of nitrogens with zero attached hydrogens (tertiary/aromatic N) is 3. The molecule has 0 spiro atoms. The number of fused-ring (bicyclic) bond motifs is 2. The van der Waals surface area contributed by atoms with Crippen LogP contribution in [0.1, 0.15) is 58.2 Å². The molecule has 0 aliphatic carbocycles. The van der Waals surface area contributed by atoms with Gasteiger partial charge in [0.1, 0.15) is 24.0 Å². The van der Waals surface area contributed by atoms with Gasteiger partial charge in [-0.2, -0.15) is 0 Å². The van der Waals surface area contributed by atoms with Crippen molar-refractivity contribution in [3.05, 3.63) is 65.0 Å². The zero-order chi connectivity index (χ0) is 25.1. The number of aromatic nitrogens is 2. The second kappa shape index (κ2) is 9.07. The van der Waals surface area contributed by atoms with Crippen molar-refractivity contribution in [1.82, 2.24) is 14.5 Å².